The highest BCUT2D eigenvalue weighted by atomic mass is 15.3. The zero-order valence-corrected chi connectivity index (χ0v) is 13.7. The lowest BCUT2D eigenvalue weighted by Gasteiger charge is -2.08. The molecule has 0 atom stereocenters. The van der Waals surface area contributed by atoms with Gasteiger partial charge in [0.05, 0.1) is 17.6 Å². The molecule has 0 amide bonds. The van der Waals surface area contributed by atoms with Gasteiger partial charge >= 0.3 is 0 Å². The summed E-state index contributed by atoms with van der Waals surface area (Å²) < 4.78 is 3.92. The first-order chi connectivity index (χ1) is 11.7. The number of hydrogen-bond donors (Lipinski definition) is 0. The van der Waals surface area contributed by atoms with Crippen LogP contribution in [0.1, 0.15) is 11.4 Å². The molecule has 2 aromatic carbocycles. The zero-order chi connectivity index (χ0) is 16.5. The van der Waals surface area contributed by atoms with E-state index >= 15 is 0 Å². The molecule has 4 nitrogen and oxygen atoms in total. The molecule has 0 unspecified atom stereocenters. The maximum atomic E-state index is 4.57. The molecule has 0 saturated carbocycles. The summed E-state index contributed by atoms with van der Waals surface area (Å²) in [6, 6.07) is 20.6. The molecule has 2 aromatic heterocycles. The standard InChI is InChI=1S/C20H18N4/c1-15-11-12-21-23(15)19-10-6-7-17(13-19)20-14-22-24(16(20)2)18-8-4-3-5-9-18/h3-14H,1-2H3. The summed E-state index contributed by atoms with van der Waals surface area (Å²) in [4.78, 5) is 0. The van der Waals surface area contributed by atoms with Crippen molar-refractivity contribution in [1.82, 2.24) is 19.6 Å². The molecule has 0 spiro atoms. The molecule has 2 heterocycles. The van der Waals surface area contributed by atoms with Gasteiger partial charge in [-0.05, 0) is 49.7 Å². The second-order valence-corrected chi connectivity index (χ2v) is 5.83. The largest absolute Gasteiger partial charge is 0.238 e. The van der Waals surface area contributed by atoms with Crippen LogP contribution < -0.4 is 0 Å². The van der Waals surface area contributed by atoms with Crippen LogP contribution >= 0.6 is 0 Å². The molecular formula is C20H18N4. The number of aromatic nitrogens is 4. The predicted molar refractivity (Wildman–Crippen MR) is 95.6 cm³/mol. The number of benzene rings is 2. The van der Waals surface area contributed by atoms with Gasteiger partial charge < -0.3 is 0 Å². The van der Waals surface area contributed by atoms with Gasteiger partial charge in [0.2, 0.25) is 0 Å². The number of hydrogen-bond acceptors (Lipinski definition) is 2. The van der Waals surface area contributed by atoms with Crippen molar-refractivity contribution in [1.29, 1.82) is 0 Å². The van der Waals surface area contributed by atoms with Crippen LogP contribution in [0.15, 0.2) is 73.1 Å². The third-order valence-electron chi connectivity index (χ3n) is 4.24. The summed E-state index contributed by atoms with van der Waals surface area (Å²) >= 11 is 0. The Bertz CT molecular complexity index is 980. The van der Waals surface area contributed by atoms with Crippen LogP contribution in [-0.4, -0.2) is 19.6 Å². The van der Waals surface area contributed by atoms with Crippen molar-refractivity contribution in [3.63, 3.8) is 0 Å². The average molecular weight is 314 g/mol. The van der Waals surface area contributed by atoms with Crippen molar-refractivity contribution in [2.45, 2.75) is 13.8 Å². The maximum absolute atomic E-state index is 4.57. The molecule has 4 rings (SSSR count). The SMILES string of the molecule is Cc1ccnn1-c1cccc(-c2cnn(-c3ccccc3)c2C)c1. The van der Waals surface area contributed by atoms with Gasteiger partial charge in [0.25, 0.3) is 0 Å². The van der Waals surface area contributed by atoms with Gasteiger partial charge in [0, 0.05) is 23.1 Å². The molecule has 118 valence electrons. The van der Waals surface area contributed by atoms with Crippen molar-refractivity contribution in [3.05, 3.63) is 84.4 Å². The number of rotatable bonds is 3. The summed E-state index contributed by atoms with van der Waals surface area (Å²) in [6.45, 7) is 4.15. The molecule has 24 heavy (non-hydrogen) atoms. The fourth-order valence-electron chi connectivity index (χ4n) is 2.97. The minimum Gasteiger partial charge on any atom is -0.238 e. The Morgan fingerprint density at radius 2 is 1.54 bits per heavy atom. The van der Waals surface area contributed by atoms with E-state index < -0.39 is 0 Å². The summed E-state index contributed by atoms with van der Waals surface area (Å²) in [7, 11) is 0. The first kappa shape index (κ1) is 14.5. The van der Waals surface area contributed by atoms with Crippen molar-refractivity contribution in [2.75, 3.05) is 0 Å². The molecule has 0 N–H and O–H groups in total. The van der Waals surface area contributed by atoms with Crippen LogP contribution in [0.4, 0.5) is 0 Å². The fraction of sp³-hybridized carbons (Fsp3) is 0.100. The van der Waals surface area contributed by atoms with Gasteiger partial charge in [-0.3, -0.25) is 0 Å². The Kier molecular flexibility index (Phi) is 3.50. The molecule has 0 radical (unpaired) electrons. The minimum absolute atomic E-state index is 1.06. The minimum atomic E-state index is 1.06. The van der Waals surface area contributed by atoms with Gasteiger partial charge in [-0.2, -0.15) is 10.2 Å². The van der Waals surface area contributed by atoms with Crippen molar-refractivity contribution in [3.8, 4) is 22.5 Å². The van der Waals surface area contributed by atoms with E-state index in [1.54, 1.807) is 0 Å². The smallest absolute Gasteiger partial charge is 0.0654 e. The normalized spacial score (nSPS) is 10.9. The third-order valence-corrected chi connectivity index (χ3v) is 4.24. The van der Waals surface area contributed by atoms with E-state index in [-0.39, 0.29) is 0 Å². The lowest BCUT2D eigenvalue weighted by atomic mass is 10.1. The molecule has 4 aromatic rings. The number of para-hydroxylation sites is 1. The van der Waals surface area contributed by atoms with E-state index in [1.165, 1.54) is 0 Å². The lowest BCUT2D eigenvalue weighted by Crippen LogP contribution is -1.99. The van der Waals surface area contributed by atoms with Crippen LogP contribution in [-0.2, 0) is 0 Å². The van der Waals surface area contributed by atoms with Crippen molar-refractivity contribution in [2.24, 2.45) is 0 Å². The lowest BCUT2D eigenvalue weighted by molar-refractivity contribution is 0.846. The molecule has 0 aliphatic heterocycles. The Hall–Kier alpha value is -3.14. The summed E-state index contributed by atoms with van der Waals surface area (Å²) in [5.41, 5.74) is 6.63. The highest BCUT2D eigenvalue weighted by Crippen LogP contribution is 2.27. The summed E-state index contributed by atoms with van der Waals surface area (Å²) in [5.74, 6) is 0. The highest BCUT2D eigenvalue weighted by Gasteiger charge is 2.11. The van der Waals surface area contributed by atoms with Crippen LogP contribution in [0, 0.1) is 13.8 Å². The highest BCUT2D eigenvalue weighted by molar-refractivity contribution is 5.68. The molecule has 0 aliphatic carbocycles. The van der Waals surface area contributed by atoms with E-state index in [0.717, 1.165) is 33.9 Å². The van der Waals surface area contributed by atoms with E-state index in [0.29, 0.717) is 0 Å². The molecule has 4 heteroatoms. The van der Waals surface area contributed by atoms with E-state index in [9.17, 15) is 0 Å². The summed E-state index contributed by atoms with van der Waals surface area (Å²) in [6.07, 6.45) is 3.75. The first-order valence-electron chi connectivity index (χ1n) is 7.95. The average Bonchev–Trinajstić information content (AvgIpc) is 3.21. The van der Waals surface area contributed by atoms with Crippen molar-refractivity contribution < 1.29 is 0 Å². The monoisotopic (exact) mass is 314 g/mol. The maximum Gasteiger partial charge on any atom is 0.0654 e. The molecule has 0 fully saturated rings. The second-order valence-electron chi connectivity index (χ2n) is 5.83. The van der Waals surface area contributed by atoms with E-state index in [1.807, 2.05) is 46.0 Å². The van der Waals surface area contributed by atoms with Crippen LogP contribution in [0.25, 0.3) is 22.5 Å². The first-order valence-corrected chi connectivity index (χ1v) is 7.95. The molecule has 0 aliphatic rings. The van der Waals surface area contributed by atoms with Crippen molar-refractivity contribution >= 4 is 0 Å². The second kappa shape index (κ2) is 5.81. The van der Waals surface area contributed by atoms with E-state index in [4.69, 9.17) is 0 Å². The third kappa shape index (κ3) is 2.42. The van der Waals surface area contributed by atoms with Gasteiger partial charge in [-0.25, -0.2) is 9.36 Å². The van der Waals surface area contributed by atoms with Gasteiger partial charge in [-0.15, -0.1) is 0 Å². The van der Waals surface area contributed by atoms with Crippen LogP contribution in [0.5, 0.6) is 0 Å². The summed E-state index contributed by atoms with van der Waals surface area (Å²) in [5, 5.41) is 8.96. The molecule has 0 bridgehead atoms. The van der Waals surface area contributed by atoms with Gasteiger partial charge in [-0.1, -0.05) is 30.3 Å². The van der Waals surface area contributed by atoms with Crippen LogP contribution in [0.2, 0.25) is 0 Å². The fourth-order valence-corrected chi connectivity index (χ4v) is 2.97. The number of nitrogens with zero attached hydrogens (tertiary/aromatic N) is 4. The Labute approximate surface area is 141 Å². The van der Waals surface area contributed by atoms with Gasteiger partial charge in [0.1, 0.15) is 0 Å². The topological polar surface area (TPSA) is 35.6 Å². The zero-order valence-electron chi connectivity index (χ0n) is 13.7. The Morgan fingerprint density at radius 3 is 2.29 bits per heavy atom. The Balaban J connectivity index is 1.78. The number of aryl methyl sites for hydroxylation is 1. The van der Waals surface area contributed by atoms with Gasteiger partial charge in [0.15, 0.2) is 0 Å². The quantitative estimate of drug-likeness (QED) is 0.564. The molecule has 0 saturated heterocycles. The van der Waals surface area contributed by atoms with Crippen LogP contribution in [0.3, 0.4) is 0 Å². The molecular weight excluding hydrogens is 296 g/mol. The van der Waals surface area contributed by atoms with E-state index in [2.05, 4.69) is 60.4 Å². The predicted octanol–water partition coefficient (Wildman–Crippen LogP) is 4.34. The Morgan fingerprint density at radius 1 is 0.750 bits per heavy atom.